The van der Waals surface area contributed by atoms with Crippen molar-refractivity contribution in [3.05, 3.63) is 56.4 Å². The number of nitrogens with one attached hydrogen (secondary N) is 2. The molecular weight excluding hydrogens is 402 g/mol. The molecule has 1 aromatic heterocycles. The van der Waals surface area contributed by atoms with Gasteiger partial charge >= 0.3 is 5.69 Å². The summed E-state index contributed by atoms with van der Waals surface area (Å²) in [5.74, 6) is -0.581. The zero-order chi connectivity index (χ0) is 21.2. The van der Waals surface area contributed by atoms with Crippen LogP contribution in [0.5, 0.6) is 5.75 Å². The Kier molecular flexibility index (Phi) is 5.86. The van der Waals surface area contributed by atoms with Crippen LogP contribution in [0.15, 0.2) is 38.9 Å². The maximum absolute atomic E-state index is 12.9. The molecule has 1 amide bonds. The number of carbonyl (C=O) groups is 1. The molecule has 2 heterocycles. The largest absolute Gasteiger partial charge is 0.496 e. The summed E-state index contributed by atoms with van der Waals surface area (Å²) in [5, 5.41) is 0. The van der Waals surface area contributed by atoms with Crippen molar-refractivity contribution in [3.8, 4) is 5.75 Å². The number of hydrogen-bond donors (Lipinski definition) is 3. The fourth-order valence-electron chi connectivity index (χ4n) is 3.11. The molecule has 0 spiro atoms. The van der Waals surface area contributed by atoms with Gasteiger partial charge in [0.05, 0.1) is 17.6 Å². The molecule has 1 aliphatic heterocycles. The van der Waals surface area contributed by atoms with Crippen LogP contribution in [0, 0.1) is 0 Å². The van der Waals surface area contributed by atoms with Crippen LogP contribution in [0.4, 0.5) is 0 Å². The second-order valence-corrected chi connectivity index (χ2v) is 8.44. The third-order valence-corrected chi connectivity index (χ3v) is 6.59. The maximum atomic E-state index is 12.9. The van der Waals surface area contributed by atoms with Crippen LogP contribution in [0.2, 0.25) is 0 Å². The zero-order valence-electron chi connectivity index (χ0n) is 15.7. The number of benzene rings is 1. The van der Waals surface area contributed by atoms with E-state index < -0.39 is 27.2 Å². The van der Waals surface area contributed by atoms with E-state index in [1.54, 1.807) is 0 Å². The minimum atomic E-state index is -3.83. The summed E-state index contributed by atoms with van der Waals surface area (Å²) in [6.45, 7) is 1.50. The van der Waals surface area contributed by atoms with E-state index in [0.29, 0.717) is 18.7 Å². The van der Waals surface area contributed by atoms with E-state index in [9.17, 15) is 22.8 Å². The summed E-state index contributed by atoms with van der Waals surface area (Å²) in [4.78, 5) is 40.9. The van der Waals surface area contributed by atoms with Crippen molar-refractivity contribution in [1.29, 1.82) is 0 Å². The quantitative estimate of drug-likeness (QED) is 0.519. The van der Waals surface area contributed by atoms with Gasteiger partial charge in [-0.25, -0.2) is 13.2 Å². The van der Waals surface area contributed by atoms with Crippen LogP contribution < -0.4 is 21.7 Å². The van der Waals surface area contributed by atoms with Gasteiger partial charge in [-0.05, 0) is 18.2 Å². The summed E-state index contributed by atoms with van der Waals surface area (Å²) in [7, 11) is -2.46. The molecule has 29 heavy (non-hydrogen) atoms. The number of nitrogens with zero attached hydrogens (tertiary/aromatic N) is 2. The standard InChI is InChI=1S/C17H21N5O6S/c1-28-14-3-2-12(8-13(14)15(18)23)29(26,27)22-6-4-21(5-7-22)10-11-9-19-17(25)20-16(11)24/h2-3,8-9H,4-7,10H2,1H3,(H2,18,23)(H2,19,20,24,25). The van der Waals surface area contributed by atoms with E-state index >= 15 is 0 Å². The van der Waals surface area contributed by atoms with Gasteiger partial charge in [-0.1, -0.05) is 0 Å². The van der Waals surface area contributed by atoms with Gasteiger partial charge in [0.1, 0.15) is 5.75 Å². The average Bonchev–Trinajstić information content (AvgIpc) is 2.70. The molecule has 0 unspecified atom stereocenters. The molecule has 1 aromatic carbocycles. The van der Waals surface area contributed by atoms with Crippen molar-refractivity contribution < 1.29 is 17.9 Å². The first-order valence-corrected chi connectivity index (χ1v) is 10.2. The molecule has 0 aliphatic carbocycles. The number of hydrogen-bond acceptors (Lipinski definition) is 7. The SMILES string of the molecule is COc1ccc(S(=O)(=O)N2CCN(Cc3c[nH]c(=O)[nH]c3=O)CC2)cc1C(N)=O. The van der Waals surface area contributed by atoms with Gasteiger partial charge in [-0.15, -0.1) is 0 Å². The second kappa shape index (κ2) is 8.19. The van der Waals surface area contributed by atoms with E-state index in [0.717, 1.165) is 0 Å². The number of methoxy groups -OCH3 is 1. The minimum absolute atomic E-state index is 0.00972. The number of ether oxygens (including phenoxy) is 1. The molecule has 11 nitrogen and oxygen atoms in total. The van der Waals surface area contributed by atoms with E-state index in [-0.39, 0.29) is 35.8 Å². The molecule has 2 aromatic rings. The molecule has 12 heteroatoms. The van der Waals surface area contributed by atoms with Crippen LogP contribution in [0.3, 0.4) is 0 Å². The lowest BCUT2D eigenvalue weighted by Gasteiger charge is -2.33. The highest BCUT2D eigenvalue weighted by Crippen LogP contribution is 2.25. The molecule has 1 saturated heterocycles. The van der Waals surface area contributed by atoms with Gasteiger partial charge in [0, 0.05) is 44.5 Å². The molecule has 156 valence electrons. The van der Waals surface area contributed by atoms with Gasteiger partial charge in [0.2, 0.25) is 10.0 Å². The summed E-state index contributed by atoms with van der Waals surface area (Å²) in [6, 6.07) is 3.97. The van der Waals surface area contributed by atoms with E-state index in [4.69, 9.17) is 10.5 Å². The lowest BCUT2D eigenvalue weighted by atomic mass is 10.2. The molecule has 4 N–H and O–H groups in total. The number of H-pyrrole nitrogens is 2. The zero-order valence-corrected chi connectivity index (χ0v) is 16.5. The molecule has 0 atom stereocenters. The average molecular weight is 423 g/mol. The first-order chi connectivity index (χ1) is 13.7. The molecule has 0 saturated carbocycles. The maximum Gasteiger partial charge on any atom is 0.325 e. The monoisotopic (exact) mass is 423 g/mol. The number of aromatic nitrogens is 2. The van der Waals surface area contributed by atoms with Crippen LogP contribution in [0.25, 0.3) is 0 Å². The Balaban J connectivity index is 1.73. The summed E-state index contributed by atoms with van der Waals surface area (Å²) >= 11 is 0. The topological polar surface area (TPSA) is 159 Å². The number of primary amides is 1. The second-order valence-electron chi connectivity index (χ2n) is 6.50. The van der Waals surface area contributed by atoms with Crippen molar-refractivity contribution in [2.75, 3.05) is 33.3 Å². The number of piperazine rings is 1. The number of rotatable bonds is 6. The Labute approximate surface area is 166 Å². The normalized spacial score (nSPS) is 15.9. The Hall–Kier alpha value is -2.96. The first-order valence-electron chi connectivity index (χ1n) is 8.73. The van der Waals surface area contributed by atoms with Gasteiger partial charge in [0.15, 0.2) is 0 Å². The Morgan fingerprint density at radius 1 is 1.21 bits per heavy atom. The number of sulfonamides is 1. The Bertz CT molecular complexity index is 1130. The van der Waals surface area contributed by atoms with Crippen molar-refractivity contribution in [1.82, 2.24) is 19.2 Å². The van der Waals surface area contributed by atoms with Crippen molar-refractivity contribution in [2.24, 2.45) is 5.73 Å². The van der Waals surface area contributed by atoms with Crippen LogP contribution in [-0.2, 0) is 16.6 Å². The van der Waals surface area contributed by atoms with Crippen molar-refractivity contribution >= 4 is 15.9 Å². The third-order valence-electron chi connectivity index (χ3n) is 4.70. The number of carbonyl (C=O) groups excluding carboxylic acids is 1. The van der Waals surface area contributed by atoms with Gasteiger partial charge in [0.25, 0.3) is 11.5 Å². The van der Waals surface area contributed by atoms with Crippen LogP contribution in [-0.4, -0.2) is 66.8 Å². The fraction of sp³-hybridized carbons (Fsp3) is 0.353. The molecule has 0 bridgehead atoms. The molecule has 0 radical (unpaired) electrons. The highest BCUT2D eigenvalue weighted by molar-refractivity contribution is 7.89. The summed E-state index contributed by atoms with van der Waals surface area (Å²) in [5.41, 5.74) is 4.64. The predicted molar refractivity (Wildman–Crippen MR) is 103 cm³/mol. The third kappa shape index (κ3) is 4.39. The van der Waals surface area contributed by atoms with Crippen molar-refractivity contribution in [2.45, 2.75) is 11.4 Å². The molecule has 3 rings (SSSR count). The van der Waals surface area contributed by atoms with Gasteiger partial charge in [-0.3, -0.25) is 19.5 Å². The molecule has 1 fully saturated rings. The Morgan fingerprint density at radius 2 is 1.90 bits per heavy atom. The number of aromatic amines is 2. The van der Waals surface area contributed by atoms with Crippen molar-refractivity contribution in [3.63, 3.8) is 0 Å². The van der Waals surface area contributed by atoms with Gasteiger partial charge < -0.3 is 15.5 Å². The van der Waals surface area contributed by atoms with Crippen LogP contribution >= 0.6 is 0 Å². The summed E-state index contributed by atoms with van der Waals surface area (Å²) in [6.07, 6.45) is 1.35. The molecular formula is C17H21N5O6S. The fourth-order valence-corrected chi connectivity index (χ4v) is 4.56. The first kappa shape index (κ1) is 20.8. The predicted octanol–water partition coefficient (Wildman–Crippen LogP) is -1.32. The number of nitrogens with two attached hydrogens (primary N) is 1. The van der Waals surface area contributed by atoms with Gasteiger partial charge in [-0.2, -0.15) is 4.31 Å². The van der Waals surface area contributed by atoms with E-state index in [2.05, 4.69) is 9.97 Å². The smallest absolute Gasteiger partial charge is 0.325 e. The highest BCUT2D eigenvalue weighted by atomic mass is 32.2. The van der Waals surface area contributed by atoms with Crippen LogP contribution in [0.1, 0.15) is 15.9 Å². The lowest BCUT2D eigenvalue weighted by Crippen LogP contribution is -2.48. The highest BCUT2D eigenvalue weighted by Gasteiger charge is 2.29. The minimum Gasteiger partial charge on any atom is -0.496 e. The number of amides is 1. The van der Waals surface area contributed by atoms with E-state index in [1.165, 1.54) is 35.8 Å². The lowest BCUT2D eigenvalue weighted by molar-refractivity contribution is 0.0997. The Morgan fingerprint density at radius 3 is 2.48 bits per heavy atom. The summed E-state index contributed by atoms with van der Waals surface area (Å²) < 4.78 is 32.2. The van der Waals surface area contributed by atoms with E-state index in [1.807, 2.05) is 4.90 Å². The molecule has 1 aliphatic rings.